The minimum absolute atomic E-state index is 0.103. The summed E-state index contributed by atoms with van der Waals surface area (Å²) in [4.78, 5) is 16.1. The van der Waals surface area contributed by atoms with E-state index in [-0.39, 0.29) is 13.2 Å². The van der Waals surface area contributed by atoms with Gasteiger partial charge in [-0.05, 0) is 36.8 Å². The second-order valence-corrected chi connectivity index (χ2v) is 5.96. The number of hydrogen-bond donors (Lipinski definition) is 0. The highest BCUT2D eigenvalue weighted by Crippen LogP contribution is 2.22. The van der Waals surface area contributed by atoms with Crippen molar-refractivity contribution in [2.75, 3.05) is 6.61 Å². The van der Waals surface area contributed by atoms with E-state index in [0.717, 1.165) is 20.8 Å². The van der Waals surface area contributed by atoms with Crippen LogP contribution < -0.4 is 4.74 Å². The number of thiazole rings is 1. The topological polar surface area (TPSA) is 48.4 Å². The van der Waals surface area contributed by atoms with Crippen LogP contribution in [-0.4, -0.2) is 17.6 Å². The standard InChI is InChI=1S/C17H15NO3S/c1-12-5-4-6-13(9-12)20-11-17(19)21-10-16-18-14-7-2-3-8-15(14)22-16/h2-9H,10-11H2,1H3. The Morgan fingerprint density at radius 3 is 2.86 bits per heavy atom. The van der Waals surface area contributed by atoms with Crippen LogP contribution in [-0.2, 0) is 16.1 Å². The smallest absolute Gasteiger partial charge is 0.344 e. The highest BCUT2D eigenvalue weighted by atomic mass is 32.1. The van der Waals surface area contributed by atoms with Crippen molar-refractivity contribution < 1.29 is 14.3 Å². The van der Waals surface area contributed by atoms with Crippen LogP contribution in [0, 0.1) is 6.92 Å². The molecular weight excluding hydrogens is 298 g/mol. The summed E-state index contributed by atoms with van der Waals surface area (Å²) in [6.45, 7) is 2.04. The van der Waals surface area contributed by atoms with Crippen LogP contribution in [0.1, 0.15) is 10.6 Å². The number of carbonyl (C=O) groups is 1. The number of hydrogen-bond acceptors (Lipinski definition) is 5. The molecular formula is C17H15NO3S. The largest absolute Gasteiger partial charge is 0.482 e. The van der Waals surface area contributed by atoms with Gasteiger partial charge in [-0.1, -0.05) is 24.3 Å². The predicted octanol–water partition coefficient (Wildman–Crippen LogP) is 3.73. The molecule has 2 aromatic carbocycles. The quantitative estimate of drug-likeness (QED) is 0.673. The van der Waals surface area contributed by atoms with Crippen LogP contribution in [0.2, 0.25) is 0 Å². The van der Waals surface area contributed by atoms with Crippen molar-refractivity contribution in [3.63, 3.8) is 0 Å². The third-order valence-corrected chi connectivity index (χ3v) is 4.05. The van der Waals surface area contributed by atoms with Crippen molar-refractivity contribution in [2.45, 2.75) is 13.5 Å². The van der Waals surface area contributed by atoms with Gasteiger partial charge in [0.15, 0.2) is 6.61 Å². The maximum atomic E-state index is 11.7. The third kappa shape index (κ3) is 3.62. The molecule has 0 fully saturated rings. The minimum atomic E-state index is -0.402. The molecule has 0 saturated heterocycles. The van der Waals surface area contributed by atoms with Crippen LogP contribution in [0.5, 0.6) is 5.75 Å². The molecule has 1 aromatic heterocycles. The van der Waals surface area contributed by atoms with Gasteiger partial charge in [0.05, 0.1) is 10.2 Å². The summed E-state index contributed by atoms with van der Waals surface area (Å²) in [7, 11) is 0. The van der Waals surface area contributed by atoms with E-state index in [1.807, 2.05) is 55.5 Å². The maximum Gasteiger partial charge on any atom is 0.344 e. The fourth-order valence-electron chi connectivity index (χ4n) is 2.01. The van der Waals surface area contributed by atoms with Gasteiger partial charge in [-0.25, -0.2) is 9.78 Å². The van der Waals surface area contributed by atoms with Crippen molar-refractivity contribution in [1.82, 2.24) is 4.98 Å². The Kier molecular flexibility index (Phi) is 4.34. The number of aromatic nitrogens is 1. The first-order valence-electron chi connectivity index (χ1n) is 6.90. The zero-order valence-corrected chi connectivity index (χ0v) is 12.9. The molecule has 5 heteroatoms. The molecule has 112 valence electrons. The molecule has 3 aromatic rings. The van der Waals surface area contributed by atoms with Crippen molar-refractivity contribution in [3.05, 3.63) is 59.1 Å². The Morgan fingerprint density at radius 2 is 2.05 bits per heavy atom. The monoisotopic (exact) mass is 313 g/mol. The molecule has 0 bridgehead atoms. The number of ether oxygens (including phenoxy) is 2. The Balaban J connectivity index is 1.51. The molecule has 0 aliphatic heterocycles. The lowest BCUT2D eigenvalue weighted by molar-refractivity contribution is -0.147. The summed E-state index contributed by atoms with van der Waals surface area (Å²) in [6, 6.07) is 15.4. The second kappa shape index (κ2) is 6.58. The van der Waals surface area contributed by atoms with Crippen molar-refractivity contribution >= 4 is 27.5 Å². The van der Waals surface area contributed by atoms with Gasteiger partial charge in [-0.2, -0.15) is 0 Å². The summed E-state index contributed by atoms with van der Waals surface area (Å²) in [5.41, 5.74) is 2.01. The Hall–Kier alpha value is -2.40. The Bertz CT molecular complexity index is 764. The number of nitrogens with zero attached hydrogens (tertiary/aromatic N) is 1. The Labute approximate surface area is 132 Å². The number of aryl methyl sites for hydroxylation is 1. The average molecular weight is 313 g/mol. The van der Waals surface area contributed by atoms with E-state index in [0.29, 0.717) is 5.75 Å². The molecule has 0 atom stereocenters. The van der Waals surface area contributed by atoms with Gasteiger partial charge in [0, 0.05) is 0 Å². The van der Waals surface area contributed by atoms with Crippen LogP contribution in [0.15, 0.2) is 48.5 Å². The number of fused-ring (bicyclic) bond motifs is 1. The molecule has 0 spiro atoms. The molecule has 3 rings (SSSR count). The summed E-state index contributed by atoms with van der Waals surface area (Å²) in [6.07, 6.45) is 0. The second-order valence-electron chi connectivity index (χ2n) is 4.84. The molecule has 0 N–H and O–H groups in total. The van der Waals surface area contributed by atoms with Gasteiger partial charge in [-0.3, -0.25) is 0 Å². The first kappa shape index (κ1) is 14.5. The predicted molar refractivity (Wildman–Crippen MR) is 86.1 cm³/mol. The summed E-state index contributed by atoms with van der Waals surface area (Å²) in [5, 5.41) is 0.783. The highest BCUT2D eigenvalue weighted by Gasteiger charge is 2.08. The number of para-hydroxylation sites is 1. The van der Waals surface area contributed by atoms with E-state index < -0.39 is 5.97 Å². The van der Waals surface area contributed by atoms with Crippen molar-refractivity contribution in [2.24, 2.45) is 0 Å². The summed E-state index contributed by atoms with van der Waals surface area (Å²) >= 11 is 1.53. The molecule has 1 heterocycles. The van der Waals surface area contributed by atoms with E-state index in [1.54, 1.807) is 0 Å². The third-order valence-electron chi connectivity index (χ3n) is 3.04. The van der Waals surface area contributed by atoms with Gasteiger partial charge < -0.3 is 9.47 Å². The van der Waals surface area contributed by atoms with E-state index >= 15 is 0 Å². The van der Waals surface area contributed by atoms with Gasteiger partial charge in [-0.15, -0.1) is 11.3 Å². The van der Waals surface area contributed by atoms with Gasteiger partial charge >= 0.3 is 5.97 Å². The number of benzene rings is 2. The SMILES string of the molecule is Cc1cccc(OCC(=O)OCc2nc3ccccc3s2)c1. The van der Waals surface area contributed by atoms with E-state index in [1.165, 1.54) is 11.3 Å². The summed E-state index contributed by atoms with van der Waals surface area (Å²) in [5.74, 6) is 0.262. The van der Waals surface area contributed by atoms with Crippen LogP contribution in [0.3, 0.4) is 0 Å². The van der Waals surface area contributed by atoms with E-state index in [4.69, 9.17) is 9.47 Å². The zero-order valence-electron chi connectivity index (χ0n) is 12.1. The lowest BCUT2D eigenvalue weighted by Crippen LogP contribution is -2.14. The van der Waals surface area contributed by atoms with Gasteiger partial charge in [0.25, 0.3) is 0 Å². The number of carbonyl (C=O) groups excluding carboxylic acids is 1. The van der Waals surface area contributed by atoms with Crippen molar-refractivity contribution in [3.8, 4) is 5.75 Å². The minimum Gasteiger partial charge on any atom is -0.482 e. The highest BCUT2D eigenvalue weighted by molar-refractivity contribution is 7.18. The molecule has 0 radical (unpaired) electrons. The van der Waals surface area contributed by atoms with Crippen LogP contribution in [0.25, 0.3) is 10.2 Å². The number of rotatable bonds is 5. The van der Waals surface area contributed by atoms with Crippen molar-refractivity contribution in [1.29, 1.82) is 0 Å². The number of esters is 1. The molecule has 0 aliphatic carbocycles. The first-order chi connectivity index (χ1) is 10.7. The first-order valence-corrected chi connectivity index (χ1v) is 7.72. The molecule has 0 aliphatic rings. The van der Waals surface area contributed by atoms with E-state index in [9.17, 15) is 4.79 Å². The fraction of sp³-hybridized carbons (Fsp3) is 0.176. The van der Waals surface area contributed by atoms with Crippen LogP contribution >= 0.6 is 11.3 Å². The maximum absolute atomic E-state index is 11.7. The average Bonchev–Trinajstić information content (AvgIpc) is 2.94. The fourth-order valence-corrected chi connectivity index (χ4v) is 2.89. The molecule has 0 amide bonds. The molecule has 0 unspecified atom stereocenters. The van der Waals surface area contributed by atoms with E-state index in [2.05, 4.69) is 4.98 Å². The lowest BCUT2D eigenvalue weighted by atomic mass is 10.2. The van der Waals surface area contributed by atoms with Crippen LogP contribution in [0.4, 0.5) is 0 Å². The zero-order chi connectivity index (χ0) is 15.4. The lowest BCUT2D eigenvalue weighted by Gasteiger charge is -2.06. The normalized spacial score (nSPS) is 10.6. The molecule has 22 heavy (non-hydrogen) atoms. The van der Waals surface area contributed by atoms with Gasteiger partial charge in [0.1, 0.15) is 17.4 Å². The molecule has 4 nitrogen and oxygen atoms in total. The molecule has 0 saturated carbocycles. The van der Waals surface area contributed by atoms with Gasteiger partial charge in [0.2, 0.25) is 0 Å². The summed E-state index contributed by atoms with van der Waals surface area (Å²) < 4.78 is 11.7. The Morgan fingerprint density at radius 1 is 1.18 bits per heavy atom.